The maximum atomic E-state index is 13.9. The minimum absolute atomic E-state index is 0. The number of ether oxygens (including phenoxy) is 2. The van der Waals surface area contributed by atoms with Crippen molar-refractivity contribution >= 4 is 33.2 Å². The number of aromatic amines is 1. The van der Waals surface area contributed by atoms with Crippen molar-refractivity contribution in [3.63, 3.8) is 0 Å². The molecule has 0 aliphatic rings. The van der Waals surface area contributed by atoms with Crippen LogP contribution in [0.25, 0.3) is 22.0 Å². The van der Waals surface area contributed by atoms with E-state index >= 15 is 0 Å². The first kappa shape index (κ1) is 25.4. The molecule has 1 heterocycles. The predicted octanol–water partition coefficient (Wildman–Crippen LogP) is 3.10. The number of methoxy groups -OCH3 is 2. The van der Waals surface area contributed by atoms with Crippen LogP contribution < -0.4 is 19.8 Å². The van der Waals surface area contributed by atoms with Crippen molar-refractivity contribution in [3.05, 3.63) is 51.8 Å². The van der Waals surface area contributed by atoms with Crippen LogP contribution in [0, 0.1) is 0 Å². The molecule has 0 unspecified atom stereocenters. The summed E-state index contributed by atoms with van der Waals surface area (Å²) in [5.41, 5.74) is -2.24. The van der Waals surface area contributed by atoms with E-state index < -0.39 is 33.1 Å². The molecule has 32 heavy (non-hydrogen) atoms. The second-order valence-corrected chi connectivity index (χ2v) is 8.42. The lowest BCUT2D eigenvalue weighted by Crippen LogP contribution is -2.21. The zero-order valence-electron chi connectivity index (χ0n) is 17.0. The lowest BCUT2D eigenvalue weighted by Gasteiger charge is -2.16. The van der Waals surface area contributed by atoms with Crippen molar-refractivity contribution in [3.8, 4) is 22.8 Å². The van der Waals surface area contributed by atoms with Crippen molar-refractivity contribution in [2.24, 2.45) is 0 Å². The fourth-order valence-electron chi connectivity index (χ4n) is 3.11. The third-order valence-corrected chi connectivity index (χ3v) is 5.94. The maximum absolute atomic E-state index is 13.9. The first-order valence-electron chi connectivity index (χ1n) is 8.77. The van der Waals surface area contributed by atoms with Crippen molar-refractivity contribution in [1.29, 1.82) is 0 Å². The van der Waals surface area contributed by atoms with Gasteiger partial charge in [-0.05, 0) is 30.8 Å². The first-order chi connectivity index (χ1) is 14.5. The van der Waals surface area contributed by atoms with Crippen molar-refractivity contribution < 1.29 is 31.1 Å². The van der Waals surface area contributed by atoms with Crippen molar-refractivity contribution in [1.82, 2.24) is 14.9 Å². The third kappa shape index (κ3) is 4.97. The van der Waals surface area contributed by atoms with Crippen molar-refractivity contribution in [2.45, 2.75) is 11.9 Å². The van der Waals surface area contributed by atoms with E-state index in [1.165, 1.54) is 39.5 Å². The Morgan fingerprint density at radius 1 is 1.06 bits per heavy atom. The zero-order valence-corrected chi connectivity index (χ0v) is 18.7. The Balaban J connectivity index is 0.00000363. The monoisotopic (exact) mass is 493 g/mol. The van der Waals surface area contributed by atoms with E-state index in [1.54, 1.807) is 0 Å². The molecule has 1 aromatic heterocycles. The number of nitrogens with zero attached hydrogens (tertiary/aromatic N) is 1. The largest absolute Gasteiger partial charge is 0.493 e. The predicted molar refractivity (Wildman–Crippen MR) is 115 cm³/mol. The average Bonchev–Trinajstić information content (AvgIpc) is 2.72. The number of H-pyrrole nitrogens is 1. The quantitative estimate of drug-likeness (QED) is 0.546. The van der Waals surface area contributed by atoms with Gasteiger partial charge >= 0.3 is 6.18 Å². The summed E-state index contributed by atoms with van der Waals surface area (Å²) in [7, 11) is 0.103. The molecule has 3 aromatic rings. The number of sulfonamides is 1. The van der Waals surface area contributed by atoms with Gasteiger partial charge in [0.25, 0.3) is 5.56 Å². The Hall–Kier alpha value is -2.83. The van der Waals surface area contributed by atoms with Crippen LogP contribution in [-0.2, 0) is 22.0 Å². The molecule has 0 bridgehead atoms. The van der Waals surface area contributed by atoms with Crippen LogP contribution in [0.4, 0.5) is 13.2 Å². The van der Waals surface area contributed by atoms with E-state index in [0.717, 1.165) is 12.1 Å². The van der Waals surface area contributed by atoms with E-state index in [9.17, 15) is 26.4 Å². The molecule has 0 amide bonds. The third-order valence-electron chi connectivity index (χ3n) is 4.60. The van der Waals surface area contributed by atoms with E-state index in [4.69, 9.17) is 9.47 Å². The summed E-state index contributed by atoms with van der Waals surface area (Å²) in [5, 5.41) is 6.20. The molecule has 2 aromatic carbocycles. The van der Waals surface area contributed by atoms with E-state index in [0.29, 0.717) is 0 Å². The molecule has 174 valence electrons. The average molecular weight is 494 g/mol. The first-order valence-corrected chi connectivity index (χ1v) is 10.4. The fourth-order valence-corrected chi connectivity index (χ4v) is 3.87. The van der Waals surface area contributed by atoms with Gasteiger partial charge in [-0.3, -0.25) is 4.79 Å². The fraction of sp³-hybridized carbons (Fsp3) is 0.263. The molecule has 0 saturated carbocycles. The summed E-state index contributed by atoms with van der Waals surface area (Å²) >= 11 is 0. The molecule has 0 atom stereocenters. The standard InChI is InChI=1S/C19H18F3N3O5S.ClH/c1-23-31(27,28)9-10-4-5-11(14(6-10)19(20,21)22)17-12-7-15(29-2)16(30-3)8-13(12)18(26)25-24-17;/h4-8,23H,9H2,1-3H3,(H,25,26);1H. The second-order valence-electron chi connectivity index (χ2n) is 6.50. The summed E-state index contributed by atoms with van der Waals surface area (Å²) in [6, 6.07) is 5.85. The molecule has 0 aliphatic heterocycles. The van der Waals surface area contributed by atoms with E-state index in [-0.39, 0.29) is 51.5 Å². The highest BCUT2D eigenvalue weighted by Crippen LogP contribution is 2.40. The van der Waals surface area contributed by atoms with Gasteiger partial charge in [-0.25, -0.2) is 18.2 Å². The minimum atomic E-state index is -4.81. The molecule has 0 fully saturated rings. The van der Waals surface area contributed by atoms with Crippen LogP contribution in [0.1, 0.15) is 11.1 Å². The van der Waals surface area contributed by atoms with Gasteiger partial charge in [0.2, 0.25) is 10.0 Å². The van der Waals surface area contributed by atoms with Gasteiger partial charge in [-0.2, -0.15) is 18.3 Å². The number of hydrogen-bond acceptors (Lipinski definition) is 6. The molecule has 2 N–H and O–H groups in total. The van der Waals surface area contributed by atoms with Gasteiger partial charge in [0.1, 0.15) is 0 Å². The summed E-state index contributed by atoms with van der Waals surface area (Å²) < 4.78 is 77.5. The topological polar surface area (TPSA) is 110 Å². The van der Waals surface area contributed by atoms with Crippen LogP contribution in [0.15, 0.2) is 35.1 Å². The summed E-state index contributed by atoms with van der Waals surface area (Å²) in [6.45, 7) is 0. The molecule has 0 spiro atoms. The Bertz CT molecular complexity index is 1310. The normalized spacial score (nSPS) is 11.8. The smallest absolute Gasteiger partial charge is 0.417 e. The number of rotatable bonds is 6. The molecular formula is C19H19ClF3N3O5S. The number of alkyl halides is 3. The van der Waals surface area contributed by atoms with Crippen LogP contribution in [-0.4, -0.2) is 39.9 Å². The molecular weight excluding hydrogens is 475 g/mol. The van der Waals surface area contributed by atoms with E-state index in [2.05, 4.69) is 14.9 Å². The molecule has 0 aliphatic carbocycles. The molecule has 3 rings (SSSR count). The summed E-state index contributed by atoms with van der Waals surface area (Å²) in [4.78, 5) is 12.2. The number of halogens is 4. The zero-order chi connectivity index (χ0) is 23.0. The molecule has 8 nitrogen and oxygen atoms in total. The lowest BCUT2D eigenvalue weighted by atomic mass is 9.97. The highest BCUT2D eigenvalue weighted by atomic mass is 35.5. The summed E-state index contributed by atoms with van der Waals surface area (Å²) in [5.74, 6) is -0.201. The minimum Gasteiger partial charge on any atom is -0.493 e. The van der Waals surface area contributed by atoms with Gasteiger partial charge in [0, 0.05) is 10.9 Å². The number of aromatic nitrogens is 2. The van der Waals surface area contributed by atoms with Crippen LogP contribution in [0.5, 0.6) is 11.5 Å². The van der Waals surface area contributed by atoms with Gasteiger partial charge in [-0.1, -0.05) is 12.1 Å². The van der Waals surface area contributed by atoms with Gasteiger partial charge in [0.15, 0.2) is 11.5 Å². The number of nitrogens with one attached hydrogen (secondary N) is 2. The van der Waals surface area contributed by atoms with Crippen molar-refractivity contribution in [2.75, 3.05) is 21.3 Å². The Morgan fingerprint density at radius 3 is 2.19 bits per heavy atom. The Morgan fingerprint density at radius 2 is 1.66 bits per heavy atom. The highest BCUT2D eigenvalue weighted by Gasteiger charge is 2.35. The SMILES string of the molecule is CNS(=O)(=O)Cc1ccc(-c2n[nH]c(=O)c3cc(OC)c(OC)cc23)c(C(F)(F)F)c1.Cl. The highest BCUT2D eigenvalue weighted by molar-refractivity contribution is 7.88. The maximum Gasteiger partial charge on any atom is 0.417 e. The molecule has 13 heteroatoms. The van der Waals surface area contributed by atoms with Crippen LogP contribution >= 0.6 is 12.4 Å². The molecule has 0 radical (unpaired) electrons. The number of fused-ring (bicyclic) bond motifs is 1. The lowest BCUT2D eigenvalue weighted by molar-refractivity contribution is -0.137. The Kier molecular flexibility index (Phi) is 7.43. The van der Waals surface area contributed by atoms with Gasteiger partial charge in [0.05, 0.1) is 36.6 Å². The second kappa shape index (κ2) is 9.35. The van der Waals surface area contributed by atoms with E-state index in [1.807, 2.05) is 0 Å². The van der Waals surface area contributed by atoms with Gasteiger partial charge < -0.3 is 9.47 Å². The summed E-state index contributed by atoms with van der Waals surface area (Å²) in [6.07, 6.45) is -4.81. The van der Waals surface area contributed by atoms with Gasteiger partial charge in [-0.15, -0.1) is 12.4 Å². The van der Waals surface area contributed by atoms with Crippen LogP contribution in [0.3, 0.4) is 0 Å². The molecule has 0 saturated heterocycles. The number of hydrogen-bond donors (Lipinski definition) is 2. The Labute approximate surface area is 187 Å². The number of benzene rings is 2. The van der Waals surface area contributed by atoms with Crippen LogP contribution in [0.2, 0.25) is 0 Å².